The van der Waals surface area contributed by atoms with Gasteiger partial charge in [0.1, 0.15) is 5.82 Å². The molecule has 2 amide bonds. The molecule has 0 spiro atoms. The van der Waals surface area contributed by atoms with E-state index in [4.69, 9.17) is 17.3 Å². The van der Waals surface area contributed by atoms with Crippen molar-refractivity contribution in [1.29, 1.82) is 0 Å². The number of amides is 2. The molecular weight excluding hydrogens is 293 g/mol. The third kappa shape index (κ3) is 4.44. The van der Waals surface area contributed by atoms with Gasteiger partial charge in [-0.1, -0.05) is 23.7 Å². The van der Waals surface area contributed by atoms with Crippen LogP contribution in [0.15, 0.2) is 42.5 Å². The second-order valence-corrected chi connectivity index (χ2v) is 5.09. The molecule has 110 valence electrons. The highest BCUT2D eigenvalue weighted by Gasteiger charge is 2.06. The molecule has 0 bridgehead atoms. The number of hydrogen-bond donors (Lipinski definition) is 3. The molecule has 2 aromatic rings. The fraction of sp³-hybridized carbons (Fsp3) is 0.133. The van der Waals surface area contributed by atoms with E-state index in [1.165, 1.54) is 12.1 Å². The fourth-order valence-corrected chi connectivity index (χ4v) is 2.04. The first-order valence-corrected chi connectivity index (χ1v) is 6.71. The molecule has 1 atom stereocenters. The van der Waals surface area contributed by atoms with E-state index in [2.05, 4.69) is 10.6 Å². The number of anilines is 2. The average molecular weight is 308 g/mol. The third-order valence-corrected chi connectivity index (χ3v) is 3.01. The van der Waals surface area contributed by atoms with Gasteiger partial charge >= 0.3 is 6.03 Å². The molecule has 4 N–H and O–H groups in total. The number of halogens is 2. The highest BCUT2D eigenvalue weighted by Crippen LogP contribution is 2.19. The Hall–Kier alpha value is -2.11. The Balaban J connectivity index is 2.06. The standard InChI is InChI=1S/C15H15ClFN3O/c1-9(18)10-3-2-4-13(5-10)19-15(21)20-14-7-11(16)6-12(17)8-14/h2-9H,18H2,1H3,(H2,19,20,21). The molecule has 0 saturated heterocycles. The number of nitrogens with two attached hydrogens (primary N) is 1. The van der Waals surface area contributed by atoms with Crippen LogP contribution in [-0.4, -0.2) is 6.03 Å². The van der Waals surface area contributed by atoms with Crippen LogP contribution in [0, 0.1) is 5.82 Å². The van der Waals surface area contributed by atoms with E-state index in [0.29, 0.717) is 5.69 Å². The maximum atomic E-state index is 13.2. The van der Waals surface area contributed by atoms with Crippen LogP contribution < -0.4 is 16.4 Å². The lowest BCUT2D eigenvalue weighted by molar-refractivity contribution is 0.262. The summed E-state index contributed by atoms with van der Waals surface area (Å²) in [5.74, 6) is -0.517. The van der Waals surface area contributed by atoms with Crippen LogP contribution >= 0.6 is 11.6 Å². The van der Waals surface area contributed by atoms with Gasteiger partial charge in [-0.2, -0.15) is 0 Å². The summed E-state index contributed by atoms with van der Waals surface area (Å²) in [6.07, 6.45) is 0. The molecule has 0 heterocycles. The van der Waals surface area contributed by atoms with Crippen LogP contribution in [0.4, 0.5) is 20.6 Å². The van der Waals surface area contributed by atoms with Crippen LogP contribution in [0.2, 0.25) is 5.02 Å². The summed E-state index contributed by atoms with van der Waals surface area (Å²) in [6.45, 7) is 1.86. The molecule has 2 aromatic carbocycles. The van der Waals surface area contributed by atoms with E-state index in [0.717, 1.165) is 11.6 Å². The molecule has 0 fully saturated rings. The molecule has 0 aliphatic carbocycles. The van der Waals surface area contributed by atoms with E-state index < -0.39 is 11.8 Å². The van der Waals surface area contributed by atoms with Gasteiger partial charge in [0.05, 0.1) is 0 Å². The van der Waals surface area contributed by atoms with Crippen LogP contribution in [0.25, 0.3) is 0 Å². The van der Waals surface area contributed by atoms with Crippen molar-refractivity contribution < 1.29 is 9.18 Å². The first-order chi connectivity index (χ1) is 9.94. The van der Waals surface area contributed by atoms with Gasteiger partial charge in [0.2, 0.25) is 0 Å². The molecule has 0 saturated carbocycles. The van der Waals surface area contributed by atoms with Gasteiger partial charge in [-0.15, -0.1) is 0 Å². The minimum absolute atomic E-state index is 0.128. The predicted molar refractivity (Wildman–Crippen MR) is 83.1 cm³/mol. The molecule has 0 aliphatic heterocycles. The number of hydrogen-bond acceptors (Lipinski definition) is 2. The molecule has 6 heteroatoms. The van der Waals surface area contributed by atoms with Gasteiger partial charge in [-0.3, -0.25) is 0 Å². The predicted octanol–water partition coefficient (Wildman–Crippen LogP) is 4.14. The summed E-state index contributed by atoms with van der Waals surface area (Å²) in [4.78, 5) is 11.9. The lowest BCUT2D eigenvalue weighted by Gasteiger charge is -2.11. The molecule has 0 aliphatic rings. The smallest absolute Gasteiger partial charge is 0.323 e. The minimum atomic E-state index is -0.517. The summed E-state index contributed by atoms with van der Waals surface area (Å²) in [7, 11) is 0. The number of carbonyl (C=O) groups excluding carboxylic acids is 1. The Kier molecular flexibility index (Phi) is 4.77. The summed E-state index contributed by atoms with van der Waals surface area (Å²) in [5.41, 5.74) is 7.57. The first kappa shape index (κ1) is 15.3. The monoisotopic (exact) mass is 307 g/mol. The summed E-state index contributed by atoms with van der Waals surface area (Å²) in [6, 6.07) is 10.4. The van der Waals surface area contributed by atoms with Crippen LogP contribution in [0.1, 0.15) is 18.5 Å². The third-order valence-electron chi connectivity index (χ3n) is 2.79. The molecule has 21 heavy (non-hydrogen) atoms. The fourth-order valence-electron chi connectivity index (χ4n) is 1.82. The number of carbonyl (C=O) groups is 1. The van der Waals surface area contributed by atoms with Crippen molar-refractivity contribution in [2.45, 2.75) is 13.0 Å². The van der Waals surface area contributed by atoms with Gasteiger partial charge < -0.3 is 16.4 Å². The SMILES string of the molecule is CC(N)c1cccc(NC(=O)Nc2cc(F)cc(Cl)c2)c1. The van der Waals surface area contributed by atoms with Crippen LogP contribution in [0.3, 0.4) is 0 Å². The van der Waals surface area contributed by atoms with Crippen molar-refractivity contribution in [2.24, 2.45) is 5.73 Å². The lowest BCUT2D eigenvalue weighted by atomic mass is 10.1. The highest BCUT2D eigenvalue weighted by atomic mass is 35.5. The Morgan fingerprint density at radius 2 is 1.90 bits per heavy atom. The van der Waals surface area contributed by atoms with Crippen molar-refractivity contribution in [3.63, 3.8) is 0 Å². The van der Waals surface area contributed by atoms with E-state index in [-0.39, 0.29) is 16.8 Å². The number of benzene rings is 2. The number of rotatable bonds is 3. The minimum Gasteiger partial charge on any atom is -0.324 e. The zero-order valence-electron chi connectivity index (χ0n) is 11.4. The van der Waals surface area contributed by atoms with Crippen LogP contribution in [0.5, 0.6) is 0 Å². The van der Waals surface area contributed by atoms with E-state index in [1.807, 2.05) is 13.0 Å². The zero-order chi connectivity index (χ0) is 15.4. The average Bonchev–Trinajstić information content (AvgIpc) is 2.37. The first-order valence-electron chi connectivity index (χ1n) is 6.33. The Morgan fingerprint density at radius 3 is 2.57 bits per heavy atom. The topological polar surface area (TPSA) is 67.1 Å². The molecule has 4 nitrogen and oxygen atoms in total. The maximum Gasteiger partial charge on any atom is 0.323 e. The summed E-state index contributed by atoms with van der Waals surface area (Å²) < 4.78 is 13.2. The van der Waals surface area contributed by atoms with Crippen molar-refractivity contribution in [3.8, 4) is 0 Å². The molecule has 0 aromatic heterocycles. The van der Waals surface area contributed by atoms with E-state index >= 15 is 0 Å². The Bertz CT molecular complexity index is 641. The van der Waals surface area contributed by atoms with Gasteiger partial charge in [-0.05, 0) is 42.8 Å². The zero-order valence-corrected chi connectivity index (χ0v) is 12.1. The number of nitrogens with one attached hydrogen (secondary N) is 2. The molecule has 1 unspecified atom stereocenters. The Morgan fingerprint density at radius 1 is 1.19 bits per heavy atom. The van der Waals surface area contributed by atoms with E-state index in [1.54, 1.807) is 18.2 Å². The van der Waals surface area contributed by atoms with Crippen molar-refractivity contribution in [2.75, 3.05) is 10.6 Å². The Labute approximate surface area is 127 Å². The summed E-state index contributed by atoms with van der Waals surface area (Å²) >= 11 is 5.72. The van der Waals surface area contributed by atoms with Crippen molar-refractivity contribution in [3.05, 3.63) is 58.9 Å². The van der Waals surface area contributed by atoms with E-state index in [9.17, 15) is 9.18 Å². The second kappa shape index (κ2) is 6.56. The van der Waals surface area contributed by atoms with Gasteiger partial charge in [-0.25, -0.2) is 9.18 Å². The molecule has 2 rings (SSSR count). The van der Waals surface area contributed by atoms with Crippen molar-refractivity contribution >= 4 is 29.0 Å². The summed E-state index contributed by atoms with van der Waals surface area (Å²) in [5, 5.41) is 5.38. The normalized spacial score (nSPS) is 11.8. The number of urea groups is 1. The molecule has 0 radical (unpaired) electrons. The lowest BCUT2D eigenvalue weighted by Crippen LogP contribution is -2.19. The quantitative estimate of drug-likeness (QED) is 0.797. The van der Waals surface area contributed by atoms with Gasteiger partial charge in [0.25, 0.3) is 0 Å². The largest absolute Gasteiger partial charge is 0.324 e. The van der Waals surface area contributed by atoms with Crippen LogP contribution in [-0.2, 0) is 0 Å². The molecular formula is C15H15ClFN3O. The maximum absolute atomic E-state index is 13.2. The van der Waals surface area contributed by atoms with Gasteiger partial charge in [0.15, 0.2) is 0 Å². The van der Waals surface area contributed by atoms with Crippen molar-refractivity contribution in [1.82, 2.24) is 0 Å². The second-order valence-electron chi connectivity index (χ2n) is 4.65. The highest BCUT2D eigenvalue weighted by molar-refractivity contribution is 6.30. The van der Waals surface area contributed by atoms with Gasteiger partial charge in [0, 0.05) is 22.4 Å².